The number of unbranched alkanes of at least 4 members (excludes halogenated alkanes) is 4. The summed E-state index contributed by atoms with van der Waals surface area (Å²) in [5.74, 6) is -4.63. The van der Waals surface area contributed by atoms with Crippen molar-refractivity contribution in [1.29, 1.82) is 0 Å². The van der Waals surface area contributed by atoms with Crippen molar-refractivity contribution in [3.8, 4) is 5.75 Å². The predicted octanol–water partition coefficient (Wildman–Crippen LogP) is 1.40. The lowest BCUT2D eigenvalue weighted by Crippen LogP contribution is -2.54. The fourth-order valence-electron chi connectivity index (χ4n) is 2.66. The van der Waals surface area contributed by atoms with Crippen LogP contribution in [0, 0.1) is 0 Å². The second-order valence-corrected chi connectivity index (χ2v) is 6.82. The van der Waals surface area contributed by atoms with Crippen molar-refractivity contribution in [1.82, 2.24) is 10.6 Å². The Morgan fingerprint density at radius 1 is 0.920 bits per heavy atom. The molecule has 7 heteroatoms. The molecule has 1 rings (SSSR count). The summed E-state index contributed by atoms with van der Waals surface area (Å²) in [5, 5.41) is 53.3. The fourth-order valence-corrected chi connectivity index (χ4v) is 2.66. The van der Waals surface area contributed by atoms with Crippen molar-refractivity contribution >= 4 is 0 Å². The highest BCUT2D eigenvalue weighted by atomic mass is 16.5. The maximum absolute atomic E-state index is 10.1. The lowest BCUT2D eigenvalue weighted by atomic mass is 10.0. The lowest BCUT2D eigenvalue weighted by Gasteiger charge is -2.31. The molecular weight excluding hydrogens is 324 g/mol. The van der Waals surface area contributed by atoms with Crippen LogP contribution in [0.2, 0.25) is 0 Å². The van der Waals surface area contributed by atoms with Crippen LogP contribution in [0.25, 0.3) is 0 Å². The molecule has 0 radical (unpaired) electrons. The second kappa shape index (κ2) is 9.47. The van der Waals surface area contributed by atoms with Gasteiger partial charge in [-0.2, -0.15) is 0 Å². The second-order valence-electron chi connectivity index (χ2n) is 6.82. The summed E-state index contributed by atoms with van der Waals surface area (Å²) < 4.78 is 0. The van der Waals surface area contributed by atoms with Gasteiger partial charge in [-0.05, 0) is 30.5 Å². The Labute approximate surface area is 149 Å². The zero-order valence-electron chi connectivity index (χ0n) is 15.3. The maximum atomic E-state index is 10.1. The van der Waals surface area contributed by atoms with Gasteiger partial charge in [-0.1, -0.05) is 38.7 Å². The first-order valence-corrected chi connectivity index (χ1v) is 8.78. The van der Waals surface area contributed by atoms with Crippen LogP contribution in [-0.4, -0.2) is 37.4 Å². The molecule has 0 aromatic heterocycles. The van der Waals surface area contributed by atoms with Crippen molar-refractivity contribution in [3.63, 3.8) is 0 Å². The smallest absolute Gasteiger partial charge is 0.220 e. The third-order valence-corrected chi connectivity index (χ3v) is 3.81. The molecule has 0 aliphatic heterocycles. The Morgan fingerprint density at radius 2 is 1.48 bits per heavy atom. The fraction of sp³-hybridized carbons (Fsp3) is 0.667. The Hall–Kier alpha value is -1.22. The summed E-state index contributed by atoms with van der Waals surface area (Å²) in [5.41, 5.74) is 1.28. The number of benzene rings is 1. The number of hydrogen-bond acceptors (Lipinski definition) is 7. The van der Waals surface area contributed by atoms with Gasteiger partial charge in [-0.3, -0.25) is 0 Å². The normalized spacial score (nSPS) is 12.8. The zero-order valence-corrected chi connectivity index (χ0v) is 15.3. The van der Waals surface area contributed by atoms with Crippen molar-refractivity contribution in [2.24, 2.45) is 0 Å². The topological polar surface area (TPSA) is 125 Å². The first-order chi connectivity index (χ1) is 11.5. The van der Waals surface area contributed by atoms with E-state index < -0.39 is 18.0 Å². The van der Waals surface area contributed by atoms with E-state index in [4.69, 9.17) is 0 Å². The molecule has 25 heavy (non-hydrogen) atoms. The molecule has 0 spiro atoms. The molecule has 1 aromatic rings. The van der Waals surface area contributed by atoms with E-state index in [1.54, 1.807) is 6.07 Å². The standard InChI is InChI=1S/C18H32N2O5/c1-4-5-6-7-8-9-13-10-11-15(21)14(12-13)16(19-17(2,22)23)20-18(3,24)25/h10-12,16,19-25H,4-9H2,1-3H3. The van der Waals surface area contributed by atoms with E-state index in [-0.39, 0.29) is 5.75 Å². The molecule has 144 valence electrons. The van der Waals surface area contributed by atoms with Crippen LogP contribution in [0.5, 0.6) is 5.75 Å². The first-order valence-electron chi connectivity index (χ1n) is 8.78. The Kier molecular flexibility index (Phi) is 8.27. The van der Waals surface area contributed by atoms with E-state index in [0.29, 0.717) is 5.56 Å². The minimum Gasteiger partial charge on any atom is -0.508 e. The van der Waals surface area contributed by atoms with Gasteiger partial charge in [-0.25, -0.2) is 10.6 Å². The van der Waals surface area contributed by atoms with E-state index in [1.807, 2.05) is 6.07 Å². The van der Waals surface area contributed by atoms with Crippen LogP contribution in [0.15, 0.2) is 18.2 Å². The average molecular weight is 356 g/mol. The summed E-state index contributed by atoms with van der Waals surface area (Å²) in [4.78, 5) is 0. The average Bonchev–Trinajstić information content (AvgIpc) is 2.45. The van der Waals surface area contributed by atoms with E-state index in [1.165, 1.54) is 25.3 Å². The van der Waals surface area contributed by atoms with E-state index >= 15 is 0 Å². The Balaban J connectivity index is 2.91. The molecule has 0 saturated carbocycles. The third-order valence-electron chi connectivity index (χ3n) is 3.81. The van der Waals surface area contributed by atoms with Crippen LogP contribution in [0.1, 0.15) is 70.2 Å². The number of phenols is 1. The van der Waals surface area contributed by atoms with Gasteiger partial charge in [0.05, 0.1) is 6.17 Å². The summed E-state index contributed by atoms with van der Waals surface area (Å²) in [7, 11) is 0. The van der Waals surface area contributed by atoms with E-state index in [0.717, 1.165) is 38.7 Å². The largest absolute Gasteiger partial charge is 0.508 e. The summed E-state index contributed by atoms with van der Waals surface area (Å²) in [6.07, 6.45) is 5.48. The van der Waals surface area contributed by atoms with Crippen LogP contribution < -0.4 is 10.6 Å². The molecule has 1 aromatic carbocycles. The molecule has 0 fully saturated rings. The van der Waals surface area contributed by atoms with Crippen LogP contribution in [0.3, 0.4) is 0 Å². The first kappa shape index (κ1) is 21.8. The van der Waals surface area contributed by atoms with Gasteiger partial charge in [0.25, 0.3) is 0 Å². The van der Waals surface area contributed by atoms with E-state index in [9.17, 15) is 25.5 Å². The molecule has 0 aliphatic carbocycles. The minimum atomic E-state index is -2.27. The Bertz CT molecular complexity index is 507. The molecule has 0 atom stereocenters. The summed E-state index contributed by atoms with van der Waals surface area (Å²) >= 11 is 0. The molecule has 0 saturated heterocycles. The Morgan fingerprint density at radius 3 is 2.00 bits per heavy atom. The van der Waals surface area contributed by atoms with Crippen molar-refractivity contribution in [2.45, 2.75) is 77.3 Å². The van der Waals surface area contributed by atoms with Crippen molar-refractivity contribution < 1.29 is 25.5 Å². The van der Waals surface area contributed by atoms with Crippen LogP contribution in [-0.2, 0) is 6.42 Å². The highest BCUT2D eigenvalue weighted by Crippen LogP contribution is 2.27. The molecule has 0 aliphatic rings. The number of rotatable bonds is 11. The predicted molar refractivity (Wildman–Crippen MR) is 95.3 cm³/mol. The molecule has 0 amide bonds. The van der Waals surface area contributed by atoms with Gasteiger partial charge >= 0.3 is 0 Å². The van der Waals surface area contributed by atoms with Gasteiger partial charge in [0, 0.05) is 19.4 Å². The summed E-state index contributed by atoms with van der Waals surface area (Å²) in [6.45, 7) is 4.36. The molecule has 0 bridgehead atoms. The molecule has 0 heterocycles. The highest BCUT2D eigenvalue weighted by molar-refractivity contribution is 5.38. The SMILES string of the molecule is CCCCCCCc1ccc(O)c(C(NC(C)(O)O)NC(C)(O)O)c1. The van der Waals surface area contributed by atoms with E-state index in [2.05, 4.69) is 17.6 Å². The van der Waals surface area contributed by atoms with Crippen LogP contribution >= 0.6 is 0 Å². The molecule has 0 unspecified atom stereocenters. The van der Waals surface area contributed by atoms with Crippen molar-refractivity contribution in [2.75, 3.05) is 0 Å². The number of nitrogens with one attached hydrogen (secondary N) is 2. The number of aliphatic hydroxyl groups is 4. The van der Waals surface area contributed by atoms with Gasteiger partial charge < -0.3 is 25.5 Å². The van der Waals surface area contributed by atoms with Gasteiger partial charge in [0.1, 0.15) is 5.75 Å². The van der Waals surface area contributed by atoms with Gasteiger partial charge in [0.2, 0.25) is 11.8 Å². The monoisotopic (exact) mass is 356 g/mol. The third kappa shape index (κ3) is 9.15. The molecule has 7 N–H and O–H groups in total. The zero-order chi connectivity index (χ0) is 19.1. The number of aromatic hydroxyl groups is 1. The number of hydrogen-bond donors (Lipinski definition) is 7. The molecular formula is C18H32N2O5. The maximum Gasteiger partial charge on any atom is 0.220 e. The number of aryl methyl sites for hydroxylation is 1. The van der Waals surface area contributed by atoms with Gasteiger partial charge in [0.15, 0.2) is 0 Å². The van der Waals surface area contributed by atoms with Crippen LogP contribution in [0.4, 0.5) is 0 Å². The van der Waals surface area contributed by atoms with Crippen molar-refractivity contribution in [3.05, 3.63) is 29.3 Å². The summed E-state index contributed by atoms with van der Waals surface area (Å²) in [6, 6.07) is 5.05. The van der Waals surface area contributed by atoms with Gasteiger partial charge in [-0.15, -0.1) is 0 Å². The quantitative estimate of drug-likeness (QED) is 0.236. The lowest BCUT2D eigenvalue weighted by molar-refractivity contribution is -0.206. The number of phenolic OH excluding ortho intramolecular Hbond substituents is 1. The molecule has 7 nitrogen and oxygen atoms in total. The highest BCUT2D eigenvalue weighted by Gasteiger charge is 2.29. The minimum absolute atomic E-state index is 0.0896.